The second kappa shape index (κ2) is 5.19. The zero-order valence-electron chi connectivity index (χ0n) is 9.61. The molecule has 0 aliphatic heterocycles. The van der Waals surface area contributed by atoms with Crippen LogP contribution in [-0.2, 0) is 0 Å². The SMILES string of the molecule is COc1ccnc(-c2cccc(F)c2SC)c1. The number of ether oxygens (including phenoxy) is 1. The highest BCUT2D eigenvalue weighted by Crippen LogP contribution is 2.32. The van der Waals surface area contributed by atoms with Gasteiger partial charge in [0.1, 0.15) is 11.6 Å². The Morgan fingerprint density at radius 1 is 1.29 bits per heavy atom. The van der Waals surface area contributed by atoms with Crippen molar-refractivity contribution in [2.24, 2.45) is 0 Å². The van der Waals surface area contributed by atoms with E-state index in [2.05, 4.69) is 4.98 Å². The number of hydrogen-bond acceptors (Lipinski definition) is 3. The number of methoxy groups -OCH3 is 1. The van der Waals surface area contributed by atoms with Crippen LogP contribution in [0.4, 0.5) is 4.39 Å². The van der Waals surface area contributed by atoms with Gasteiger partial charge in [0.2, 0.25) is 0 Å². The zero-order chi connectivity index (χ0) is 12.3. The van der Waals surface area contributed by atoms with Gasteiger partial charge in [-0.2, -0.15) is 0 Å². The molecule has 2 aromatic rings. The Morgan fingerprint density at radius 2 is 2.12 bits per heavy atom. The fourth-order valence-corrected chi connectivity index (χ4v) is 2.26. The van der Waals surface area contributed by atoms with Crippen molar-refractivity contribution in [3.63, 3.8) is 0 Å². The van der Waals surface area contributed by atoms with Crippen LogP contribution < -0.4 is 4.74 Å². The van der Waals surface area contributed by atoms with Crippen LogP contribution in [0, 0.1) is 5.82 Å². The van der Waals surface area contributed by atoms with Gasteiger partial charge >= 0.3 is 0 Å². The average Bonchev–Trinajstić information content (AvgIpc) is 2.38. The van der Waals surface area contributed by atoms with Crippen molar-refractivity contribution >= 4 is 11.8 Å². The molecule has 2 nitrogen and oxygen atoms in total. The summed E-state index contributed by atoms with van der Waals surface area (Å²) in [4.78, 5) is 4.85. The van der Waals surface area contributed by atoms with Crippen LogP contribution in [-0.4, -0.2) is 18.3 Å². The lowest BCUT2D eigenvalue weighted by Gasteiger charge is -2.08. The fraction of sp³-hybridized carbons (Fsp3) is 0.154. The van der Waals surface area contributed by atoms with Crippen molar-refractivity contribution in [1.29, 1.82) is 0 Å². The van der Waals surface area contributed by atoms with Crippen molar-refractivity contribution in [1.82, 2.24) is 4.98 Å². The largest absolute Gasteiger partial charge is 0.497 e. The molecule has 0 spiro atoms. The van der Waals surface area contributed by atoms with Gasteiger partial charge in [-0.1, -0.05) is 12.1 Å². The normalized spacial score (nSPS) is 10.3. The van der Waals surface area contributed by atoms with Gasteiger partial charge in [-0.05, 0) is 18.4 Å². The summed E-state index contributed by atoms with van der Waals surface area (Å²) in [5.41, 5.74) is 1.50. The summed E-state index contributed by atoms with van der Waals surface area (Å²) >= 11 is 1.37. The lowest BCUT2D eigenvalue weighted by molar-refractivity contribution is 0.414. The number of rotatable bonds is 3. The van der Waals surface area contributed by atoms with Gasteiger partial charge in [0.05, 0.1) is 17.7 Å². The first-order chi connectivity index (χ1) is 8.26. The molecule has 0 bridgehead atoms. The Kier molecular flexibility index (Phi) is 3.64. The molecule has 0 amide bonds. The molecule has 88 valence electrons. The van der Waals surface area contributed by atoms with E-state index in [9.17, 15) is 4.39 Å². The van der Waals surface area contributed by atoms with E-state index in [1.165, 1.54) is 17.8 Å². The van der Waals surface area contributed by atoms with Crippen LogP contribution in [0.2, 0.25) is 0 Å². The van der Waals surface area contributed by atoms with Crippen molar-refractivity contribution in [2.45, 2.75) is 4.90 Å². The maximum absolute atomic E-state index is 13.6. The maximum atomic E-state index is 13.6. The van der Waals surface area contributed by atoms with E-state index in [0.29, 0.717) is 16.3 Å². The molecule has 0 radical (unpaired) electrons. The Labute approximate surface area is 104 Å². The van der Waals surface area contributed by atoms with Crippen molar-refractivity contribution in [2.75, 3.05) is 13.4 Å². The molecule has 17 heavy (non-hydrogen) atoms. The first-order valence-electron chi connectivity index (χ1n) is 5.09. The van der Waals surface area contributed by atoms with Gasteiger partial charge in [0, 0.05) is 17.8 Å². The topological polar surface area (TPSA) is 22.1 Å². The molecule has 1 aromatic heterocycles. The molecule has 0 saturated carbocycles. The van der Waals surface area contributed by atoms with Crippen molar-refractivity contribution < 1.29 is 9.13 Å². The van der Waals surface area contributed by atoms with E-state index in [4.69, 9.17) is 4.74 Å². The minimum atomic E-state index is -0.223. The van der Waals surface area contributed by atoms with Crippen LogP contribution in [0.5, 0.6) is 5.75 Å². The highest BCUT2D eigenvalue weighted by Gasteiger charge is 2.10. The molecule has 0 N–H and O–H groups in total. The van der Waals surface area contributed by atoms with Gasteiger partial charge < -0.3 is 4.74 Å². The summed E-state index contributed by atoms with van der Waals surface area (Å²) in [6.07, 6.45) is 3.51. The molecule has 0 saturated heterocycles. The Hall–Kier alpha value is -1.55. The lowest BCUT2D eigenvalue weighted by Crippen LogP contribution is -1.91. The molecule has 0 unspecified atom stereocenters. The number of aromatic nitrogens is 1. The van der Waals surface area contributed by atoms with Crippen LogP contribution >= 0.6 is 11.8 Å². The first-order valence-corrected chi connectivity index (χ1v) is 6.31. The average molecular weight is 249 g/mol. The van der Waals surface area contributed by atoms with E-state index >= 15 is 0 Å². The number of benzene rings is 1. The predicted octanol–water partition coefficient (Wildman–Crippen LogP) is 3.62. The second-order valence-corrected chi connectivity index (χ2v) is 4.22. The zero-order valence-corrected chi connectivity index (χ0v) is 10.4. The Morgan fingerprint density at radius 3 is 2.82 bits per heavy atom. The van der Waals surface area contributed by atoms with Crippen LogP contribution in [0.25, 0.3) is 11.3 Å². The third-order valence-electron chi connectivity index (χ3n) is 2.41. The first kappa shape index (κ1) is 11.9. The molecule has 1 heterocycles. The standard InChI is InChI=1S/C13H12FNOS/c1-16-9-6-7-15-12(8-9)10-4-3-5-11(14)13(10)17-2/h3-8H,1-2H3. The number of hydrogen-bond donors (Lipinski definition) is 0. The van der Waals surface area contributed by atoms with Crippen molar-refractivity contribution in [3.05, 3.63) is 42.3 Å². The maximum Gasteiger partial charge on any atom is 0.137 e. The number of pyridine rings is 1. The summed E-state index contributed by atoms with van der Waals surface area (Å²) in [5.74, 6) is 0.492. The molecule has 0 atom stereocenters. The summed E-state index contributed by atoms with van der Waals surface area (Å²) in [6.45, 7) is 0. The lowest BCUT2D eigenvalue weighted by atomic mass is 10.1. The molecule has 2 rings (SSSR count). The number of nitrogens with zero attached hydrogens (tertiary/aromatic N) is 1. The van der Waals surface area contributed by atoms with Gasteiger partial charge in [0.25, 0.3) is 0 Å². The Bertz CT molecular complexity index is 531. The molecule has 4 heteroatoms. The van der Waals surface area contributed by atoms with E-state index < -0.39 is 0 Å². The van der Waals surface area contributed by atoms with E-state index in [1.807, 2.05) is 12.3 Å². The van der Waals surface area contributed by atoms with Crippen LogP contribution in [0.1, 0.15) is 0 Å². The number of thioether (sulfide) groups is 1. The van der Waals surface area contributed by atoms with Crippen LogP contribution in [0.3, 0.4) is 0 Å². The Balaban J connectivity index is 2.55. The third-order valence-corrected chi connectivity index (χ3v) is 3.24. The molecule has 0 aliphatic carbocycles. The van der Waals surface area contributed by atoms with Crippen LogP contribution in [0.15, 0.2) is 41.4 Å². The summed E-state index contributed by atoms with van der Waals surface area (Å²) < 4.78 is 18.8. The number of halogens is 1. The van der Waals surface area contributed by atoms with Gasteiger partial charge in [0.15, 0.2) is 0 Å². The minimum absolute atomic E-state index is 0.223. The van der Waals surface area contributed by atoms with E-state index in [0.717, 1.165) is 5.56 Å². The molecular formula is C13H12FNOS. The van der Waals surface area contributed by atoms with E-state index in [1.54, 1.807) is 31.5 Å². The second-order valence-electron chi connectivity index (χ2n) is 3.40. The molecular weight excluding hydrogens is 237 g/mol. The quantitative estimate of drug-likeness (QED) is 0.776. The molecule has 0 fully saturated rings. The monoisotopic (exact) mass is 249 g/mol. The third kappa shape index (κ3) is 2.42. The predicted molar refractivity (Wildman–Crippen MR) is 68.0 cm³/mol. The van der Waals surface area contributed by atoms with Gasteiger partial charge in [-0.15, -0.1) is 11.8 Å². The summed E-state index contributed by atoms with van der Waals surface area (Å²) in [7, 11) is 1.60. The highest BCUT2D eigenvalue weighted by atomic mass is 32.2. The highest BCUT2D eigenvalue weighted by molar-refractivity contribution is 7.98. The molecule has 1 aromatic carbocycles. The molecule has 0 aliphatic rings. The summed E-state index contributed by atoms with van der Waals surface area (Å²) in [5, 5.41) is 0. The van der Waals surface area contributed by atoms with E-state index in [-0.39, 0.29) is 5.82 Å². The van der Waals surface area contributed by atoms with Gasteiger partial charge in [-0.25, -0.2) is 4.39 Å². The van der Waals surface area contributed by atoms with Gasteiger partial charge in [-0.3, -0.25) is 4.98 Å². The fourth-order valence-electron chi connectivity index (χ4n) is 1.60. The van der Waals surface area contributed by atoms with Crippen molar-refractivity contribution in [3.8, 4) is 17.0 Å². The smallest absolute Gasteiger partial charge is 0.137 e. The summed E-state index contributed by atoms with van der Waals surface area (Å²) in [6, 6.07) is 8.56. The minimum Gasteiger partial charge on any atom is -0.497 e.